The maximum absolute atomic E-state index is 16.7. The SMILES string of the molecule is COC1N(c2ccccc2)c2c(F)c(C#Cc3ccccc3)c(F)c(Cc3cnc(N)nc3N)c2C(=O)C1(OC)C(=O)O. The zero-order valence-corrected chi connectivity index (χ0v) is 23.0. The standard InChI is InChI=1S/C31H25F2N5O5/c1-42-28-31(43-2,29(40)41)26(39)22-21(15-18-16-36-30(35)37-27(18)34)23(32)20(14-13-17-9-5-3-6-10-17)24(33)25(22)38(28)19-11-7-4-8-12-19/h3-12,16,28H,15H2,1-2H3,(H,40,41)(H4,34,35,36,37). The Morgan fingerprint density at radius 1 is 1.05 bits per heavy atom. The number of rotatable bonds is 6. The zero-order chi connectivity index (χ0) is 30.9. The van der Waals surface area contributed by atoms with Gasteiger partial charge in [-0.2, -0.15) is 4.98 Å². The first-order valence-electron chi connectivity index (χ1n) is 12.8. The summed E-state index contributed by atoms with van der Waals surface area (Å²) >= 11 is 0. The lowest BCUT2D eigenvalue weighted by Gasteiger charge is -2.46. The molecule has 1 aliphatic rings. The minimum atomic E-state index is -2.73. The molecule has 218 valence electrons. The minimum absolute atomic E-state index is 0.115. The van der Waals surface area contributed by atoms with Crippen LogP contribution >= 0.6 is 0 Å². The molecule has 43 heavy (non-hydrogen) atoms. The van der Waals surface area contributed by atoms with Crippen LogP contribution in [0.15, 0.2) is 66.9 Å². The summed E-state index contributed by atoms with van der Waals surface area (Å²) in [6.07, 6.45) is -0.917. The molecule has 0 radical (unpaired) electrons. The first kappa shape index (κ1) is 29.1. The summed E-state index contributed by atoms with van der Waals surface area (Å²) in [4.78, 5) is 36.0. The lowest BCUT2D eigenvalue weighted by Crippen LogP contribution is -2.66. The molecule has 0 spiro atoms. The number of hydrogen-bond acceptors (Lipinski definition) is 9. The lowest BCUT2D eigenvalue weighted by molar-refractivity contribution is -0.170. The van der Waals surface area contributed by atoms with Gasteiger partial charge in [-0.15, -0.1) is 0 Å². The minimum Gasteiger partial charge on any atom is -0.479 e. The van der Waals surface area contributed by atoms with Gasteiger partial charge in [-0.05, 0) is 24.3 Å². The highest BCUT2D eigenvalue weighted by Crippen LogP contribution is 2.47. The molecule has 0 fully saturated rings. The first-order chi connectivity index (χ1) is 20.6. The molecule has 0 aliphatic carbocycles. The number of aliphatic carboxylic acids is 1. The van der Waals surface area contributed by atoms with Crippen molar-refractivity contribution in [2.24, 2.45) is 0 Å². The summed E-state index contributed by atoms with van der Waals surface area (Å²) in [5.41, 5.74) is 7.71. The van der Waals surface area contributed by atoms with Gasteiger partial charge in [0, 0.05) is 49.2 Å². The summed E-state index contributed by atoms with van der Waals surface area (Å²) in [6, 6.07) is 16.6. The second kappa shape index (κ2) is 11.5. The summed E-state index contributed by atoms with van der Waals surface area (Å²) in [6.45, 7) is 0. The van der Waals surface area contributed by atoms with Gasteiger partial charge in [-0.1, -0.05) is 48.2 Å². The topological polar surface area (TPSA) is 154 Å². The monoisotopic (exact) mass is 585 g/mol. The van der Waals surface area contributed by atoms with E-state index in [0.717, 1.165) is 19.1 Å². The number of nitrogen functional groups attached to an aromatic ring is 2. The summed E-state index contributed by atoms with van der Waals surface area (Å²) in [5.74, 6) is -0.297. The Morgan fingerprint density at radius 3 is 2.28 bits per heavy atom. The van der Waals surface area contributed by atoms with Crippen molar-refractivity contribution in [3.8, 4) is 11.8 Å². The highest BCUT2D eigenvalue weighted by Gasteiger charge is 2.62. The van der Waals surface area contributed by atoms with E-state index in [4.69, 9.17) is 20.9 Å². The molecule has 2 atom stereocenters. The molecule has 1 aliphatic heterocycles. The van der Waals surface area contributed by atoms with E-state index < -0.39 is 64.0 Å². The van der Waals surface area contributed by atoms with Gasteiger partial charge in [0.05, 0.1) is 16.8 Å². The van der Waals surface area contributed by atoms with E-state index in [2.05, 4.69) is 21.8 Å². The van der Waals surface area contributed by atoms with Crippen LogP contribution in [-0.4, -0.2) is 52.9 Å². The number of Topliss-reactive ketones (excluding diaryl/α,β-unsaturated/α-hetero) is 1. The van der Waals surface area contributed by atoms with Crippen LogP contribution in [0.3, 0.4) is 0 Å². The fraction of sp³-hybridized carbons (Fsp3) is 0.161. The molecular formula is C31H25F2N5O5. The second-order valence-electron chi connectivity index (χ2n) is 9.50. The van der Waals surface area contributed by atoms with Crippen molar-refractivity contribution >= 4 is 34.9 Å². The number of carboxylic acids is 1. The molecular weight excluding hydrogens is 560 g/mol. The number of carbonyl (C=O) groups excluding carboxylic acids is 1. The van der Waals surface area contributed by atoms with Crippen molar-refractivity contribution in [2.75, 3.05) is 30.6 Å². The van der Waals surface area contributed by atoms with Crippen LogP contribution < -0.4 is 16.4 Å². The van der Waals surface area contributed by atoms with Crippen molar-refractivity contribution in [1.82, 2.24) is 9.97 Å². The second-order valence-corrected chi connectivity index (χ2v) is 9.50. The molecule has 1 aromatic heterocycles. The molecule has 4 aromatic rings. The third-order valence-corrected chi connectivity index (χ3v) is 7.12. The Hall–Kier alpha value is -5.38. The van der Waals surface area contributed by atoms with Gasteiger partial charge in [-0.25, -0.2) is 18.6 Å². The van der Waals surface area contributed by atoms with Gasteiger partial charge in [0.1, 0.15) is 11.6 Å². The number of halogens is 2. The van der Waals surface area contributed by atoms with Gasteiger partial charge < -0.3 is 30.9 Å². The Labute approximate surface area is 244 Å². The Kier molecular flexibility index (Phi) is 7.78. The molecule has 0 saturated heterocycles. The first-order valence-corrected chi connectivity index (χ1v) is 12.8. The Morgan fingerprint density at radius 2 is 1.70 bits per heavy atom. The number of nitrogens with two attached hydrogens (primary N) is 2. The number of aromatic nitrogens is 2. The molecule has 3 aromatic carbocycles. The van der Waals surface area contributed by atoms with Crippen molar-refractivity contribution in [1.29, 1.82) is 0 Å². The van der Waals surface area contributed by atoms with E-state index in [9.17, 15) is 14.7 Å². The van der Waals surface area contributed by atoms with Crippen molar-refractivity contribution in [3.63, 3.8) is 0 Å². The average molecular weight is 586 g/mol. The van der Waals surface area contributed by atoms with Crippen LogP contribution in [0.4, 0.5) is 31.9 Å². The maximum Gasteiger partial charge on any atom is 0.349 e. The number of methoxy groups -OCH3 is 2. The molecule has 2 heterocycles. The lowest BCUT2D eigenvalue weighted by atomic mass is 9.79. The van der Waals surface area contributed by atoms with E-state index in [1.54, 1.807) is 60.7 Å². The molecule has 10 nitrogen and oxygen atoms in total. The Bertz CT molecular complexity index is 1790. The average Bonchev–Trinajstić information content (AvgIpc) is 3.00. The van der Waals surface area contributed by atoms with Gasteiger partial charge in [0.2, 0.25) is 11.7 Å². The number of carbonyl (C=O) groups is 2. The predicted molar refractivity (Wildman–Crippen MR) is 154 cm³/mol. The number of ketones is 1. The molecule has 0 amide bonds. The van der Waals surface area contributed by atoms with Crippen LogP contribution in [-0.2, 0) is 20.7 Å². The van der Waals surface area contributed by atoms with Crippen molar-refractivity contribution in [3.05, 3.63) is 106 Å². The number of fused-ring (bicyclic) bond motifs is 1. The highest BCUT2D eigenvalue weighted by molar-refractivity contribution is 6.21. The third-order valence-electron chi connectivity index (χ3n) is 7.12. The van der Waals surface area contributed by atoms with Crippen LogP contribution in [0.2, 0.25) is 0 Å². The van der Waals surface area contributed by atoms with E-state index in [1.807, 2.05) is 0 Å². The number of hydrogen-bond donors (Lipinski definition) is 3. The summed E-state index contributed by atoms with van der Waals surface area (Å²) in [5, 5.41) is 10.4. The van der Waals surface area contributed by atoms with Crippen molar-refractivity contribution < 1.29 is 33.0 Å². The number of para-hydroxylation sites is 1. The van der Waals surface area contributed by atoms with Gasteiger partial charge >= 0.3 is 5.97 Å². The van der Waals surface area contributed by atoms with Crippen LogP contribution in [0.25, 0.3) is 0 Å². The molecule has 0 bridgehead atoms. The van der Waals surface area contributed by atoms with E-state index in [0.29, 0.717) is 5.56 Å². The van der Waals surface area contributed by atoms with Crippen LogP contribution in [0, 0.1) is 23.5 Å². The number of nitrogens with zero attached hydrogens (tertiary/aromatic N) is 3. The van der Waals surface area contributed by atoms with Gasteiger partial charge in [0.25, 0.3) is 5.60 Å². The largest absolute Gasteiger partial charge is 0.479 e. The molecule has 2 unspecified atom stereocenters. The number of carboxylic acid groups (broad SMARTS) is 1. The molecule has 5 rings (SSSR count). The number of anilines is 4. The molecule has 12 heteroatoms. The Balaban J connectivity index is 1.91. The van der Waals surface area contributed by atoms with E-state index in [1.165, 1.54) is 6.20 Å². The van der Waals surface area contributed by atoms with Crippen molar-refractivity contribution in [2.45, 2.75) is 18.2 Å². The fourth-order valence-electron chi connectivity index (χ4n) is 5.10. The van der Waals surface area contributed by atoms with Gasteiger partial charge in [-0.3, -0.25) is 4.79 Å². The highest BCUT2D eigenvalue weighted by atomic mass is 19.1. The predicted octanol–water partition coefficient (Wildman–Crippen LogP) is 3.69. The molecule has 5 N–H and O–H groups in total. The maximum atomic E-state index is 16.7. The summed E-state index contributed by atoms with van der Waals surface area (Å²) in [7, 11) is 2.16. The zero-order valence-electron chi connectivity index (χ0n) is 23.0. The van der Waals surface area contributed by atoms with E-state index in [-0.39, 0.29) is 23.0 Å². The molecule has 0 saturated carbocycles. The quantitative estimate of drug-likeness (QED) is 0.226. The smallest absolute Gasteiger partial charge is 0.349 e. The number of benzene rings is 3. The normalized spacial score (nSPS) is 17.6. The summed E-state index contributed by atoms with van der Waals surface area (Å²) < 4.78 is 44.1. The third kappa shape index (κ3) is 4.80. The van der Waals surface area contributed by atoms with Crippen LogP contribution in [0.5, 0.6) is 0 Å². The van der Waals surface area contributed by atoms with E-state index >= 15 is 8.78 Å². The van der Waals surface area contributed by atoms with Gasteiger partial charge in [0.15, 0.2) is 12.0 Å². The number of ether oxygens (including phenoxy) is 2. The fourth-order valence-corrected chi connectivity index (χ4v) is 5.10. The van der Waals surface area contributed by atoms with Crippen LogP contribution in [0.1, 0.15) is 32.6 Å².